The van der Waals surface area contributed by atoms with Crippen LogP contribution in [0.25, 0.3) is 6.08 Å². The minimum atomic E-state index is -0.412. The molecule has 0 amide bonds. The third-order valence-corrected chi connectivity index (χ3v) is 4.10. The van der Waals surface area contributed by atoms with Crippen LogP contribution in [0.5, 0.6) is 0 Å². The number of carbonyl (C=O) groups is 1. The number of esters is 1. The Morgan fingerprint density at radius 1 is 1.10 bits per heavy atom. The fourth-order valence-electron chi connectivity index (χ4n) is 1.97. The highest BCUT2D eigenvalue weighted by molar-refractivity contribution is 14.1. The van der Waals surface area contributed by atoms with Crippen LogP contribution in [0.2, 0.25) is 0 Å². The Balaban J connectivity index is 1.96. The summed E-state index contributed by atoms with van der Waals surface area (Å²) in [6.45, 7) is 2.01. The SMILES string of the molecule is Cc1ccc(C2=N/C(=C/c3ccccc3I)C(=O)O2)cc1. The largest absolute Gasteiger partial charge is 0.402 e. The Labute approximate surface area is 136 Å². The summed E-state index contributed by atoms with van der Waals surface area (Å²) in [7, 11) is 0. The van der Waals surface area contributed by atoms with Crippen molar-refractivity contribution in [2.75, 3.05) is 0 Å². The highest BCUT2D eigenvalue weighted by atomic mass is 127. The second-order valence-corrected chi connectivity index (χ2v) is 5.89. The molecule has 2 aromatic rings. The predicted octanol–water partition coefficient (Wildman–Crippen LogP) is 3.94. The monoisotopic (exact) mass is 389 g/mol. The van der Waals surface area contributed by atoms with E-state index in [9.17, 15) is 4.79 Å². The van der Waals surface area contributed by atoms with Crippen molar-refractivity contribution in [1.29, 1.82) is 0 Å². The molecule has 1 aliphatic rings. The maximum absolute atomic E-state index is 11.9. The lowest BCUT2D eigenvalue weighted by molar-refractivity contribution is -0.129. The van der Waals surface area contributed by atoms with Crippen molar-refractivity contribution in [2.24, 2.45) is 4.99 Å². The van der Waals surface area contributed by atoms with E-state index >= 15 is 0 Å². The van der Waals surface area contributed by atoms with Crippen LogP contribution in [-0.2, 0) is 9.53 Å². The van der Waals surface area contributed by atoms with Crippen molar-refractivity contribution in [3.05, 3.63) is 74.5 Å². The molecule has 21 heavy (non-hydrogen) atoms. The van der Waals surface area contributed by atoms with Crippen LogP contribution in [0.3, 0.4) is 0 Å². The molecule has 0 unspecified atom stereocenters. The first kappa shape index (κ1) is 14.0. The van der Waals surface area contributed by atoms with E-state index in [1.54, 1.807) is 6.08 Å². The van der Waals surface area contributed by atoms with Crippen molar-refractivity contribution < 1.29 is 9.53 Å². The van der Waals surface area contributed by atoms with Gasteiger partial charge in [-0.25, -0.2) is 9.79 Å². The van der Waals surface area contributed by atoms with E-state index < -0.39 is 5.97 Å². The van der Waals surface area contributed by atoms with E-state index in [-0.39, 0.29) is 0 Å². The molecule has 0 aliphatic carbocycles. The summed E-state index contributed by atoms with van der Waals surface area (Å²) < 4.78 is 6.32. The smallest absolute Gasteiger partial charge is 0.363 e. The summed E-state index contributed by atoms with van der Waals surface area (Å²) in [5.41, 5.74) is 3.24. The van der Waals surface area contributed by atoms with Gasteiger partial charge in [0.1, 0.15) is 0 Å². The number of aliphatic imine (C=N–C) groups is 1. The third kappa shape index (κ3) is 3.05. The van der Waals surface area contributed by atoms with Gasteiger partial charge in [-0.05, 0) is 59.4 Å². The molecule has 2 aromatic carbocycles. The standard InChI is InChI=1S/C17H12INO2/c1-11-6-8-12(9-7-11)16-19-15(17(20)21-16)10-13-4-2-3-5-14(13)18/h2-10H,1H3/b15-10+. The number of benzene rings is 2. The number of hydrogen-bond acceptors (Lipinski definition) is 3. The summed E-state index contributed by atoms with van der Waals surface area (Å²) in [6.07, 6.45) is 1.76. The molecule has 0 fully saturated rings. The van der Waals surface area contributed by atoms with Gasteiger partial charge in [0.15, 0.2) is 5.70 Å². The summed E-state index contributed by atoms with van der Waals surface area (Å²) in [5, 5.41) is 0. The van der Waals surface area contributed by atoms with E-state index in [1.807, 2.05) is 55.5 Å². The Morgan fingerprint density at radius 2 is 1.81 bits per heavy atom. The van der Waals surface area contributed by atoms with Gasteiger partial charge in [-0.2, -0.15) is 0 Å². The van der Waals surface area contributed by atoms with Crippen LogP contribution in [-0.4, -0.2) is 11.9 Å². The van der Waals surface area contributed by atoms with Gasteiger partial charge in [-0.3, -0.25) is 0 Å². The zero-order chi connectivity index (χ0) is 14.8. The normalized spacial score (nSPS) is 16.0. The number of hydrogen-bond donors (Lipinski definition) is 0. The van der Waals surface area contributed by atoms with Gasteiger partial charge in [0.25, 0.3) is 0 Å². The molecule has 0 saturated heterocycles. The average Bonchev–Trinajstić information content (AvgIpc) is 2.83. The molecule has 0 saturated carbocycles. The van der Waals surface area contributed by atoms with Crippen LogP contribution in [0, 0.1) is 10.5 Å². The molecule has 0 radical (unpaired) electrons. The van der Waals surface area contributed by atoms with Crippen molar-refractivity contribution in [3.8, 4) is 0 Å². The van der Waals surface area contributed by atoms with E-state index in [0.717, 1.165) is 20.3 Å². The van der Waals surface area contributed by atoms with Crippen LogP contribution in [0.1, 0.15) is 16.7 Å². The highest BCUT2D eigenvalue weighted by Crippen LogP contribution is 2.21. The summed E-state index contributed by atoms with van der Waals surface area (Å²) >= 11 is 2.23. The zero-order valence-electron chi connectivity index (χ0n) is 11.3. The fourth-order valence-corrected chi connectivity index (χ4v) is 2.51. The number of aryl methyl sites for hydroxylation is 1. The zero-order valence-corrected chi connectivity index (χ0v) is 13.5. The predicted molar refractivity (Wildman–Crippen MR) is 90.9 cm³/mol. The summed E-state index contributed by atoms with van der Waals surface area (Å²) in [4.78, 5) is 16.2. The van der Waals surface area contributed by atoms with Crippen LogP contribution < -0.4 is 0 Å². The number of rotatable bonds is 2. The van der Waals surface area contributed by atoms with Crippen molar-refractivity contribution >= 4 is 40.5 Å². The van der Waals surface area contributed by atoms with Gasteiger partial charge in [0.05, 0.1) is 0 Å². The first-order chi connectivity index (χ1) is 10.1. The maximum atomic E-state index is 11.9. The lowest BCUT2D eigenvalue weighted by atomic mass is 10.1. The van der Waals surface area contributed by atoms with Crippen molar-refractivity contribution in [2.45, 2.75) is 6.92 Å². The Bertz CT molecular complexity index is 761. The molecule has 1 heterocycles. The van der Waals surface area contributed by atoms with Gasteiger partial charge < -0.3 is 4.74 Å². The van der Waals surface area contributed by atoms with Crippen molar-refractivity contribution in [1.82, 2.24) is 0 Å². The van der Waals surface area contributed by atoms with Crippen molar-refractivity contribution in [3.63, 3.8) is 0 Å². The van der Waals surface area contributed by atoms with Gasteiger partial charge >= 0.3 is 5.97 Å². The molecule has 4 heteroatoms. The second kappa shape index (κ2) is 5.81. The molecule has 1 aliphatic heterocycles. The minimum absolute atomic E-state index is 0.328. The number of halogens is 1. The molecule has 0 N–H and O–H groups in total. The first-order valence-corrected chi connectivity index (χ1v) is 7.55. The number of ether oxygens (including phenoxy) is 1. The third-order valence-electron chi connectivity index (χ3n) is 3.12. The molecule has 0 bridgehead atoms. The quantitative estimate of drug-likeness (QED) is 0.443. The molecule has 3 nitrogen and oxygen atoms in total. The van der Waals surface area contributed by atoms with E-state index in [2.05, 4.69) is 27.6 Å². The molecule has 3 rings (SSSR count). The molecular weight excluding hydrogens is 377 g/mol. The van der Waals surface area contributed by atoms with E-state index in [4.69, 9.17) is 4.74 Å². The molecule has 104 valence electrons. The van der Waals surface area contributed by atoms with Crippen LogP contribution in [0.15, 0.2) is 59.2 Å². The fraction of sp³-hybridized carbons (Fsp3) is 0.0588. The van der Waals surface area contributed by atoms with E-state index in [1.165, 1.54) is 0 Å². The Hall–Kier alpha value is -1.95. The average molecular weight is 389 g/mol. The highest BCUT2D eigenvalue weighted by Gasteiger charge is 2.24. The topological polar surface area (TPSA) is 38.7 Å². The van der Waals surface area contributed by atoms with Crippen LogP contribution >= 0.6 is 22.6 Å². The van der Waals surface area contributed by atoms with Crippen LogP contribution in [0.4, 0.5) is 0 Å². The summed E-state index contributed by atoms with van der Waals surface area (Å²) in [6, 6.07) is 15.5. The van der Waals surface area contributed by atoms with E-state index in [0.29, 0.717) is 11.6 Å². The minimum Gasteiger partial charge on any atom is -0.402 e. The molecule has 0 aromatic heterocycles. The number of carbonyl (C=O) groups excluding carboxylic acids is 1. The molecule has 0 spiro atoms. The van der Waals surface area contributed by atoms with Gasteiger partial charge in [0, 0.05) is 9.13 Å². The lowest BCUT2D eigenvalue weighted by Crippen LogP contribution is -2.05. The number of nitrogens with zero attached hydrogens (tertiary/aromatic N) is 1. The maximum Gasteiger partial charge on any atom is 0.363 e. The Morgan fingerprint density at radius 3 is 2.52 bits per heavy atom. The second-order valence-electron chi connectivity index (χ2n) is 4.72. The Kier molecular flexibility index (Phi) is 3.88. The van der Waals surface area contributed by atoms with Gasteiger partial charge in [0.2, 0.25) is 5.90 Å². The number of cyclic esters (lactones) is 1. The first-order valence-electron chi connectivity index (χ1n) is 6.47. The molecular formula is C17H12INO2. The molecule has 0 atom stereocenters. The van der Waals surface area contributed by atoms with Gasteiger partial charge in [-0.1, -0.05) is 35.9 Å². The van der Waals surface area contributed by atoms with Gasteiger partial charge in [-0.15, -0.1) is 0 Å². The summed E-state index contributed by atoms with van der Waals surface area (Å²) in [5.74, 6) is -0.0533. The lowest BCUT2D eigenvalue weighted by Gasteiger charge is -1.99.